The zero-order valence-corrected chi connectivity index (χ0v) is 8.97. The molecular formula is C11H16F2N2. The zero-order chi connectivity index (χ0) is 11.1. The van der Waals surface area contributed by atoms with E-state index in [2.05, 4.69) is 11.0 Å². The van der Waals surface area contributed by atoms with Crippen molar-refractivity contribution in [1.29, 1.82) is 5.26 Å². The minimum atomic E-state index is -2.46. The number of hydrogen-bond acceptors (Lipinski definition) is 2. The van der Waals surface area contributed by atoms with E-state index in [1.807, 2.05) is 0 Å². The zero-order valence-electron chi connectivity index (χ0n) is 8.97. The Morgan fingerprint density at radius 2 is 1.93 bits per heavy atom. The van der Waals surface area contributed by atoms with Crippen molar-refractivity contribution in [2.24, 2.45) is 11.3 Å². The maximum Gasteiger partial charge on any atom is 0.255 e. The van der Waals surface area contributed by atoms with Crippen LogP contribution in [0.15, 0.2) is 0 Å². The van der Waals surface area contributed by atoms with Gasteiger partial charge < -0.3 is 4.90 Å². The minimum Gasteiger partial charge on any atom is -0.302 e. The average molecular weight is 214 g/mol. The summed E-state index contributed by atoms with van der Waals surface area (Å²) < 4.78 is 26.0. The number of likely N-dealkylation sites (tertiary alicyclic amines) is 1. The van der Waals surface area contributed by atoms with Gasteiger partial charge in [-0.3, -0.25) is 0 Å². The van der Waals surface area contributed by atoms with Gasteiger partial charge in [0.25, 0.3) is 5.92 Å². The van der Waals surface area contributed by atoms with Crippen molar-refractivity contribution in [1.82, 2.24) is 4.90 Å². The molecule has 15 heavy (non-hydrogen) atoms. The van der Waals surface area contributed by atoms with E-state index < -0.39 is 11.3 Å². The number of hydrogen-bond donors (Lipinski definition) is 0. The number of nitrogens with zero attached hydrogens (tertiary/aromatic N) is 2. The molecule has 2 nitrogen and oxygen atoms in total. The fourth-order valence-corrected chi connectivity index (χ4v) is 2.33. The molecular weight excluding hydrogens is 198 g/mol. The molecule has 1 atom stereocenters. The van der Waals surface area contributed by atoms with Gasteiger partial charge in [-0.15, -0.1) is 0 Å². The fourth-order valence-electron chi connectivity index (χ4n) is 2.33. The first kappa shape index (κ1) is 10.8. The summed E-state index contributed by atoms with van der Waals surface area (Å²) in [6, 6.07) is 2.24. The van der Waals surface area contributed by atoms with Crippen molar-refractivity contribution in [2.75, 3.05) is 19.6 Å². The third-order valence-corrected chi connectivity index (χ3v) is 3.71. The minimum absolute atomic E-state index is 0.0260. The van der Waals surface area contributed by atoms with E-state index in [1.165, 1.54) is 0 Å². The molecule has 0 N–H and O–H groups in total. The molecule has 0 bridgehead atoms. The molecule has 4 heteroatoms. The Morgan fingerprint density at radius 1 is 1.40 bits per heavy atom. The van der Waals surface area contributed by atoms with Crippen LogP contribution in [0.3, 0.4) is 0 Å². The van der Waals surface area contributed by atoms with Gasteiger partial charge >= 0.3 is 0 Å². The Labute approximate surface area is 88.9 Å². The van der Waals surface area contributed by atoms with E-state index in [1.54, 1.807) is 6.92 Å². The van der Waals surface area contributed by atoms with Crippen LogP contribution in [0.4, 0.5) is 8.78 Å². The van der Waals surface area contributed by atoms with E-state index in [9.17, 15) is 8.78 Å². The highest BCUT2D eigenvalue weighted by atomic mass is 19.3. The highest BCUT2D eigenvalue weighted by molar-refractivity contribution is 5.08. The first-order chi connectivity index (χ1) is 6.97. The van der Waals surface area contributed by atoms with Crippen LogP contribution in [0.25, 0.3) is 0 Å². The second kappa shape index (κ2) is 3.41. The standard InChI is InChI=1S/C11H16F2N2/c1-10(7-11(10,12)13)8-15-4-2-9(6-14)3-5-15/h9H,2-5,7-8H2,1H3. The lowest BCUT2D eigenvalue weighted by Crippen LogP contribution is -2.38. The summed E-state index contributed by atoms with van der Waals surface area (Å²) in [6.45, 7) is 3.73. The van der Waals surface area contributed by atoms with Crippen LogP contribution in [0.2, 0.25) is 0 Å². The van der Waals surface area contributed by atoms with Crippen molar-refractivity contribution >= 4 is 0 Å². The fraction of sp³-hybridized carbons (Fsp3) is 0.909. The van der Waals surface area contributed by atoms with Gasteiger partial charge in [0, 0.05) is 24.3 Å². The van der Waals surface area contributed by atoms with Crippen molar-refractivity contribution in [3.63, 3.8) is 0 Å². The normalized spacial score (nSPS) is 36.1. The van der Waals surface area contributed by atoms with Crippen molar-refractivity contribution in [2.45, 2.75) is 32.1 Å². The Bertz CT molecular complexity index is 289. The first-order valence-electron chi connectivity index (χ1n) is 5.47. The third-order valence-electron chi connectivity index (χ3n) is 3.71. The molecule has 2 aliphatic rings. The summed E-state index contributed by atoms with van der Waals surface area (Å²) >= 11 is 0. The van der Waals surface area contributed by atoms with Crippen LogP contribution in [-0.2, 0) is 0 Å². The van der Waals surface area contributed by atoms with Crippen LogP contribution in [0.1, 0.15) is 26.2 Å². The predicted molar refractivity (Wildman–Crippen MR) is 52.4 cm³/mol. The van der Waals surface area contributed by atoms with Gasteiger partial charge in [-0.05, 0) is 25.9 Å². The average Bonchev–Trinajstić information content (AvgIpc) is 2.66. The van der Waals surface area contributed by atoms with Crippen molar-refractivity contribution in [3.8, 4) is 6.07 Å². The largest absolute Gasteiger partial charge is 0.302 e. The lowest BCUT2D eigenvalue weighted by Gasteiger charge is -2.31. The van der Waals surface area contributed by atoms with E-state index in [0.717, 1.165) is 25.9 Å². The van der Waals surface area contributed by atoms with E-state index >= 15 is 0 Å². The summed E-state index contributed by atoms with van der Waals surface area (Å²) in [5.41, 5.74) is -0.799. The summed E-state index contributed by atoms with van der Waals surface area (Å²) in [5.74, 6) is -2.33. The molecule has 0 spiro atoms. The Hall–Kier alpha value is -0.690. The summed E-state index contributed by atoms with van der Waals surface area (Å²) in [6.07, 6.45) is 1.69. The van der Waals surface area contributed by atoms with Crippen LogP contribution in [-0.4, -0.2) is 30.5 Å². The lowest BCUT2D eigenvalue weighted by molar-refractivity contribution is 0.0479. The van der Waals surface area contributed by atoms with Crippen molar-refractivity contribution < 1.29 is 8.78 Å². The molecule has 1 saturated carbocycles. The highest BCUT2D eigenvalue weighted by Crippen LogP contribution is 2.60. The molecule has 2 rings (SSSR count). The van der Waals surface area contributed by atoms with Crippen molar-refractivity contribution in [3.05, 3.63) is 0 Å². The highest BCUT2D eigenvalue weighted by Gasteiger charge is 2.67. The quantitative estimate of drug-likeness (QED) is 0.705. The third kappa shape index (κ3) is 1.98. The van der Waals surface area contributed by atoms with Gasteiger partial charge in [0.05, 0.1) is 6.07 Å². The van der Waals surface area contributed by atoms with Crippen LogP contribution < -0.4 is 0 Å². The first-order valence-corrected chi connectivity index (χ1v) is 5.47. The van der Waals surface area contributed by atoms with Gasteiger partial charge in [0.2, 0.25) is 0 Å². The molecule has 1 saturated heterocycles. The Morgan fingerprint density at radius 3 is 2.33 bits per heavy atom. The van der Waals surface area contributed by atoms with Gasteiger partial charge in [-0.25, -0.2) is 8.78 Å². The predicted octanol–water partition coefficient (Wildman–Crippen LogP) is 2.27. The van der Waals surface area contributed by atoms with Crippen LogP contribution in [0, 0.1) is 22.7 Å². The molecule has 0 radical (unpaired) electrons. The van der Waals surface area contributed by atoms with Gasteiger partial charge in [0.1, 0.15) is 0 Å². The monoisotopic (exact) mass is 214 g/mol. The second-order valence-corrected chi connectivity index (χ2v) is 5.12. The van der Waals surface area contributed by atoms with Gasteiger partial charge in [-0.2, -0.15) is 5.26 Å². The maximum absolute atomic E-state index is 13.0. The summed E-state index contributed by atoms with van der Waals surface area (Å²) in [4.78, 5) is 2.08. The Kier molecular flexibility index (Phi) is 2.46. The molecule has 0 aromatic carbocycles. The molecule has 2 fully saturated rings. The molecule has 1 heterocycles. The van der Waals surface area contributed by atoms with Gasteiger partial charge in [-0.1, -0.05) is 6.92 Å². The number of rotatable bonds is 2. The molecule has 1 aliphatic heterocycles. The van der Waals surface area contributed by atoms with E-state index in [-0.39, 0.29) is 12.3 Å². The maximum atomic E-state index is 13.0. The number of nitriles is 1. The molecule has 0 aromatic rings. The van der Waals surface area contributed by atoms with E-state index in [4.69, 9.17) is 5.26 Å². The number of halogens is 2. The lowest BCUT2D eigenvalue weighted by atomic mass is 9.97. The topological polar surface area (TPSA) is 27.0 Å². The number of alkyl halides is 2. The molecule has 1 aliphatic carbocycles. The smallest absolute Gasteiger partial charge is 0.255 e. The molecule has 0 aromatic heterocycles. The SMILES string of the molecule is CC1(CN2CCC(C#N)CC2)CC1(F)F. The summed E-state index contributed by atoms with van der Waals surface area (Å²) in [7, 11) is 0. The van der Waals surface area contributed by atoms with Crippen LogP contribution >= 0.6 is 0 Å². The number of piperidine rings is 1. The van der Waals surface area contributed by atoms with Crippen LogP contribution in [0.5, 0.6) is 0 Å². The molecule has 1 unspecified atom stereocenters. The summed E-state index contributed by atoms with van der Waals surface area (Å²) in [5, 5.41) is 8.72. The van der Waals surface area contributed by atoms with Gasteiger partial charge in [0.15, 0.2) is 0 Å². The molecule has 0 amide bonds. The van der Waals surface area contributed by atoms with E-state index in [0.29, 0.717) is 6.54 Å². The Balaban J connectivity index is 1.81. The second-order valence-electron chi connectivity index (χ2n) is 5.12. The molecule has 84 valence electrons.